The van der Waals surface area contributed by atoms with E-state index in [4.69, 9.17) is 0 Å². The molecule has 0 radical (unpaired) electrons. The maximum Gasteiger partial charge on any atom is 0.159 e. The van der Waals surface area contributed by atoms with Crippen LogP contribution in [-0.4, -0.2) is 45.5 Å². The van der Waals surface area contributed by atoms with Crippen LogP contribution in [0, 0.1) is 11.6 Å². The summed E-state index contributed by atoms with van der Waals surface area (Å²) in [4.78, 5) is 2.21. The number of halogens is 2. The van der Waals surface area contributed by atoms with Gasteiger partial charge in [0.25, 0.3) is 0 Å². The Bertz CT molecular complexity index is 625. The third-order valence-electron chi connectivity index (χ3n) is 4.43. The zero-order chi connectivity index (χ0) is 16.2. The fraction of sp³-hybridized carbons (Fsp3) is 0.471. The Kier molecular flexibility index (Phi) is 5.03. The van der Waals surface area contributed by atoms with Crippen molar-refractivity contribution in [1.29, 1.82) is 0 Å². The number of hydrogen-bond donors (Lipinski definition) is 1. The van der Waals surface area contributed by atoms with E-state index in [1.165, 1.54) is 12.1 Å². The molecule has 0 spiro atoms. The lowest BCUT2D eigenvalue weighted by Crippen LogP contribution is -2.39. The van der Waals surface area contributed by atoms with Gasteiger partial charge in [0.2, 0.25) is 0 Å². The summed E-state index contributed by atoms with van der Waals surface area (Å²) in [6, 6.07) is 6.01. The summed E-state index contributed by atoms with van der Waals surface area (Å²) in [6.07, 6.45) is 4.84. The molecule has 0 saturated carbocycles. The summed E-state index contributed by atoms with van der Waals surface area (Å²) >= 11 is 0. The summed E-state index contributed by atoms with van der Waals surface area (Å²) in [7, 11) is 0. The minimum atomic E-state index is -0.798. The van der Waals surface area contributed by atoms with Crippen LogP contribution < -0.4 is 0 Å². The molecule has 3 rings (SSSR count). The molecule has 1 aliphatic heterocycles. The largest absolute Gasteiger partial charge is 0.390 e. The average Bonchev–Trinajstić information content (AvgIpc) is 3.03. The van der Waals surface area contributed by atoms with E-state index in [0.717, 1.165) is 31.5 Å². The van der Waals surface area contributed by atoms with Crippen LogP contribution in [0.25, 0.3) is 0 Å². The SMILES string of the molecule is O[C@H](CN1CCC(c2ccc(F)c(F)c2)CC1)Cn1cccn1. The Hall–Kier alpha value is -1.79. The molecule has 0 unspecified atom stereocenters. The molecule has 1 N–H and O–H groups in total. The van der Waals surface area contributed by atoms with Gasteiger partial charge < -0.3 is 10.0 Å². The first-order valence-corrected chi connectivity index (χ1v) is 7.94. The van der Waals surface area contributed by atoms with Gasteiger partial charge in [0.05, 0.1) is 12.6 Å². The number of hydrogen-bond acceptors (Lipinski definition) is 3. The minimum absolute atomic E-state index is 0.254. The molecule has 4 nitrogen and oxygen atoms in total. The number of aromatic nitrogens is 2. The number of rotatable bonds is 5. The minimum Gasteiger partial charge on any atom is -0.390 e. The molecule has 2 heterocycles. The molecular weight excluding hydrogens is 300 g/mol. The van der Waals surface area contributed by atoms with E-state index in [0.29, 0.717) is 13.1 Å². The second-order valence-electron chi connectivity index (χ2n) is 6.13. The summed E-state index contributed by atoms with van der Waals surface area (Å²) in [6.45, 7) is 2.78. The highest BCUT2D eigenvalue weighted by Gasteiger charge is 2.23. The van der Waals surface area contributed by atoms with Crippen LogP contribution in [0.1, 0.15) is 24.3 Å². The van der Waals surface area contributed by atoms with Crippen molar-refractivity contribution in [2.45, 2.75) is 31.4 Å². The average molecular weight is 321 g/mol. The van der Waals surface area contributed by atoms with E-state index in [9.17, 15) is 13.9 Å². The van der Waals surface area contributed by atoms with Crippen molar-refractivity contribution < 1.29 is 13.9 Å². The van der Waals surface area contributed by atoms with Crippen LogP contribution in [0.15, 0.2) is 36.7 Å². The Morgan fingerprint density at radius 2 is 1.96 bits per heavy atom. The predicted octanol–water partition coefficient (Wildman–Crippen LogP) is 2.40. The Morgan fingerprint density at radius 3 is 2.61 bits per heavy atom. The predicted molar refractivity (Wildman–Crippen MR) is 83.0 cm³/mol. The third-order valence-corrected chi connectivity index (χ3v) is 4.43. The van der Waals surface area contributed by atoms with Crippen LogP contribution >= 0.6 is 0 Å². The lowest BCUT2D eigenvalue weighted by Gasteiger charge is -2.33. The summed E-state index contributed by atoms with van der Waals surface area (Å²) in [5.74, 6) is -1.32. The first-order chi connectivity index (χ1) is 11.1. The number of likely N-dealkylation sites (tertiary alicyclic amines) is 1. The normalized spacial score (nSPS) is 18.2. The highest BCUT2D eigenvalue weighted by Crippen LogP contribution is 2.28. The molecular formula is C17H21F2N3O. The van der Waals surface area contributed by atoms with E-state index in [1.54, 1.807) is 16.9 Å². The maximum atomic E-state index is 13.3. The molecule has 1 aromatic heterocycles. The van der Waals surface area contributed by atoms with E-state index < -0.39 is 17.7 Å². The lowest BCUT2D eigenvalue weighted by molar-refractivity contribution is 0.0822. The highest BCUT2D eigenvalue weighted by atomic mass is 19.2. The van der Waals surface area contributed by atoms with Crippen molar-refractivity contribution in [3.8, 4) is 0 Å². The molecule has 1 aliphatic rings. The van der Waals surface area contributed by atoms with Gasteiger partial charge in [-0.05, 0) is 55.6 Å². The monoisotopic (exact) mass is 321 g/mol. The summed E-state index contributed by atoms with van der Waals surface area (Å²) in [5.41, 5.74) is 0.862. The van der Waals surface area contributed by atoms with Gasteiger partial charge in [-0.2, -0.15) is 5.10 Å². The van der Waals surface area contributed by atoms with Crippen molar-refractivity contribution in [3.05, 3.63) is 53.9 Å². The van der Waals surface area contributed by atoms with Gasteiger partial charge in [-0.1, -0.05) is 6.07 Å². The molecule has 23 heavy (non-hydrogen) atoms. The first kappa shape index (κ1) is 16.1. The quantitative estimate of drug-likeness (QED) is 0.919. The first-order valence-electron chi connectivity index (χ1n) is 7.94. The van der Waals surface area contributed by atoms with Crippen LogP contribution in [0.4, 0.5) is 8.78 Å². The van der Waals surface area contributed by atoms with Crippen LogP contribution in [0.3, 0.4) is 0 Å². The van der Waals surface area contributed by atoms with Gasteiger partial charge in [0.15, 0.2) is 11.6 Å². The molecule has 0 amide bonds. The van der Waals surface area contributed by atoms with Crippen LogP contribution in [0.5, 0.6) is 0 Å². The zero-order valence-electron chi connectivity index (χ0n) is 12.9. The standard InChI is InChI=1S/C17H21F2N3O/c18-16-3-2-14(10-17(16)19)13-4-8-21(9-5-13)11-15(23)12-22-7-1-6-20-22/h1-3,6-7,10,13,15,23H,4-5,8-9,11-12H2/t15-/m1/s1. The summed E-state index contributed by atoms with van der Waals surface area (Å²) in [5, 5.41) is 14.2. The third kappa shape index (κ3) is 4.14. The number of benzene rings is 1. The van der Waals surface area contributed by atoms with Crippen molar-refractivity contribution in [2.24, 2.45) is 0 Å². The zero-order valence-corrected chi connectivity index (χ0v) is 12.9. The van der Waals surface area contributed by atoms with Gasteiger partial charge >= 0.3 is 0 Å². The van der Waals surface area contributed by atoms with E-state index >= 15 is 0 Å². The second-order valence-corrected chi connectivity index (χ2v) is 6.13. The number of aliphatic hydroxyl groups excluding tert-OH is 1. The van der Waals surface area contributed by atoms with Crippen molar-refractivity contribution >= 4 is 0 Å². The Morgan fingerprint density at radius 1 is 1.17 bits per heavy atom. The van der Waals surface area contributed by atoms with Crippen molar-refractivity contribution in [3.63, 3.8) is 0 Å². The molecule has 0 aliphatic carbocycles. The molecule has 1 atom stereocenters. The lowest BCUT2D eigenvalue weighted by atomic mass is 9.89. The molecule has 1 fully saturated rings. The van der Waals surface area contributed by atoms with E-state index in [-0.39, 0.29) is 5.92 Å². The molecule has 0 bridgehead atoms. The van der Waals surface area contributed by atoms with E-state index in [1.807, 2.05) is 12.3 Å². The number of nitrogens with zero attached hydrogens (tertiary/aromatic N) is 3. The van der Waals surface area contributed by atoms with E-state index in [2.05, 4.69) is 10.00 Å². The molecule has 1 aromatic carbocycles. The molecule has 1 saturated heterocycles. The molecule has 124 valence electrons. The summed E-state index contributed by atoms with van der Waals surface area (Å²) < 4.78 is 28.1. The van der Waals surface area contributed by atoms with Crippen molar-refractivity contribution in [1.82, 2.24) is 14.7 Å². The molecule has 2 aromatic rings. The number of aliphatic hydroxyl groups is 1. The Labute approximate surface area is 134 Å². The molecule has 6 heteroatoms. The topological polar surface area (TPSA) is 41.3 Å². The van der Waals surface area contributed by atoms with Crippen LogP contribution in [-0.2, 0) is 6.54 Å². The number of β-amino-alcohol motifs (C(OH)–C–C–N with tert-alkyl or cyclic N) is 1. The van der Waals surface area contributed by atoms with Gasteiger partial charge in [-0.3, -0.25) is 4.68 Å². The maximum absolute atomic E-state index is 13.3. The number of piperidine rings is 1. The van der Waals surface area contributed by atoms with Gasteiger partial charge in [-0.25, -0.2) is 8.78 Å². The van der Waals surface area contributed by atoms with Gasteiger partial charge in [0, 0.05) is 18.9 Å². The fourth-order valence-corrected chi connectivity index (χ4v) is 3.20. The highest BCUT2D eigenvalue weighted by molar-refractivity contribution is 5.22. The van der Waals surface area contributed by atoms with Crippen molar-refractivity contribution in [2.75, 3.05) is 19.6 Å². The Balaban J connectivity index is 1.49. The fourth-order valence-electron chi connectivity index (χ4n) is 3.20. The smallest absolute Gasteiger partial charge is 0.159 e. The van der Waals surface area contributed by atoms with Crippen LogP contribution in [0.2, 0.25) is 0 Å². The second kappa shape index (κ2) is 7.19. The van der Waals surface area contributed by atoms with Gasteiger partial charge in [-0.15, -0.1) is 0 Å². The van der Waals surface area contributed by atoms with Gasteiger partial charge in [0.1, 0.15) is 0 Å².